The summed E-state index contributed by atoms with van der Waals surface area (Å²) < 4.78 is 0. The Kier molecular flexibility index (Phi) is 6.01. The summed E-state index contributed by atoms with van der Waals surface area (Å²) in [4.78, 5) is 11.7. The molecule has 0 heterocycles. The van der Waals surface area contributed by atoms with Gasteiger partial charge in [0, 0.05) is 12.0 Å². The molecule has 1 rings (SSSR count). The van der Waals surface area contributed by atoms with Crippen LogP contribution in [-0.4, -0.2) is 11.4 Å². The normalized spacial score (nSPS) is 18.1. The van der Waals surface area contributed by atoms with Crippen LogP contribution in [0.15, 0.2) is 0 Å². The lowest BCUT2D eigenvalue weighted by molar-refractivity contribution is -0.122. The standard InChI is InChI=1S/C15H29NO/c1-4-15(2,3)16-14(17)12-8-11-13-9-6-5-7-10-13/h13H,4-12H2,1-3H3,(H,16,17). The molecule has 0 bridgehead atoms. The van der Waals surface area contributed by atoms with Crippen LogP contribution in [0.4, 0.5) is 0 Å². The van der Waals surface area contributed by atoms with E-state index in [9.17, 15) is 4.79 Å². The summed E-state index contributed by atoms with van der Waals surface area (Å²) in [5.41, 5.74) is -0.0398. The molecule has 2 heteroatoms. The van der Waals surface area contributed by atoms with E-state index >= 15 is 0 Å². The van der Waals surface area contributed by atoms with Crippen molar-refractivity contribution >= 4 is 5.91 Å². The average Bonchev–Trinajstić information content (AvgIpc) is 2.30. The Morgan fingerprint density at radius 2 is 1.88 bits per heavy atom. The molecule has 0 aliphatic heterocycles. The SMILES string of the molecule is CCC(C)(C)NC(=O)CCCC1CCCCC1. The summed E-state index contributed by atoms with van der Waals surface area (Å²) in [6.45, 7) is 6.29. The first-order valence-corrected chi connectivity index (χ1v) is 7.34. The van der Waals surface area contributed by atoms with Gasteiger partial charge >= 0.3 is 0 Å². The van der Waals surface area contributed by atoms with Crippen LogP contribution < -0.4 is 5.32 Å². The van der Waals surface area contributed by atoms with Gasteiger partial charge in [-0.3, -0.25) is 4.79 Å². The Bertz CT molecular complexity index is 229. The molecular weight excluding hydrogens is 210 g/mol. The summed E-state index contributed by atoms with van der Waals surface area (Å²) >= 11 is 0. The fraction of sp³-hybridized carbons (Fsp3) is 0.933. The van der Waals surface area contributed by atoms with E-state index in [0.29, 0.717) is 6.42 Å². The van der Waals surface area contributed by atoms with Crippen LogP contribution in [0.2, 0.25) is 0 Å². The third-order valence-electron chi connectivity index (χ3n) is 4.10. The Hall–Kier alpha value is -0.530. The maximum atomic E-state index is 11.7. The first-order chi connectivity index (χ1) is 8.03. The quantitative estimate of drug-likeness (QED) is 0.744. The first-order valence-electron chi connectivity index (χ1n) is 7.34. The van der Waals surface area contributed by atoms with E-state index in [2.05, 4.69) is 26.1 Å². The molecule has 1 saturated carbocycles. The molecule has 0 unspecified atom stereocenters. The monoisotopic (exact) mass is 239 g/mol. The minimum atomic E-state index is -0.0398. The van der Waals surface area contributed by atoms with E-state index in [4.69, 9.17) is 0 Å². The van der Waals surface area contributed by atoms with E-state index in [0.717, 1.165) is 18.8 Å². The van der Waals surface area contributed by atoms with E-state index in [1.54, 1.807) is 0 Å². The number of hydrogen-bond acceptors (Lipinski definition) is 1. The molecule has 100 valence electrons. The van der Waals surface area contributed by atoms with Gasteiger partial charge in [-0.15, -0.1) is 0 Å². The molecule has 0 spiro atoms. The summed E-state index contributed by atoms with van der Waals surface area (Å²) in [5.74, 6) is 1.13. The largest absolute Gasteiger partial charge is 0.351 e. The number of amides is 1. The van der Waals surface area contributed by atoms with Crippen LogP contribution in [0.25, 0.3) is 0 Å². The van der Waals surface area contributed by atoms with Gasteiger partial charge < -0.3 is 5.32 Å². The number of rotatable bonds is 6. The summed E-state index contributed by atoms with van der Waals surface area (Å²) in [6.07, 6.45) is 11.0. The van der Waals surface area contributed by atoms with Gasteiger partial charge in [0.1, 0.15) is 0 Å². The second kappa shape index (κ2) is 7.03. The lowest BCUT2D eigenvalue weighted by atomic mass is 9.86. The number of carbonyl (C=O) groups is 1. The zero-order valence-corrected chi connectivity index (χ0v) is 11.8. The van der Waals surface area contributed by atoms with Gasteiger partial charge in [-0.1, -0.05) is 39.0 Å². The Morgan fingerprint density at radius 1 is 1.24 bits per heavy atom. The molecule has 0 radical (unpaired) electrons. The van der Waals surface area contributed by atoms with Crippen molar-refractivity contribution < 1.29 is 4.79 Å². The second-order valence-corrected chi connectivity index (χ2v) is 6.18. The highest BCUT2D eigenvalue weighted by Gasteiger charge is 2.18. The lowest BCUT2D eigenvalue weighted by Crippen LogP contribution is -2.42. The second-order valence-electron chi connectivity index (χ2n) is 6.18. The smallest absolute Gasteiger partial charge is 0.220 e. The van der Waals surface area contributed by atoms with Crippen LogP contribution in [0.1, 0.15) is 78.6 Å². The minimum Gasteiger partial charge on any atom is -0.351 e. The number of nitrogens with one attached hydrogen (secondary N) is 1. The van der Waals surface area contributed by atoms with Crippen molar-refractivity contribution in [1.29, 1.82) is 0 Å². The Morgan fingerprint density at radius 3 is 2.47 bits per heavy atom. The average molecular weight is 239 g/mol. The van der Waals surface area contributed by atoms with Gasteiger partial charge in [-0.25, -0.2) is 0 Å². The zero-order valence-electron chi connectivity index (χ0n) is 11.8. The van der Waals surface area contributed by atoms with E-state index in [-0.39, 0.29) is 11.4 Å². The first kappa shape index (κ1) is 14.5. The molecule has 1 N–H and O–H groups in total. The molecule has 0 atom stereocenters. The van der Waals surface area contributed by atoms with Gasteiger partial charge in [0.05, 0.1) is 0 Å². The molecule has 0 aromatic carbocycles. The van der Waals surface area contributed by atoms with Crippen LogP contribution in [0, 0.1) is 5.92 Å². The Labute approximate surface area is 107 Å². The molecule has 0 saturated heterocycles. The topological polar surface area (TPSA) is 29.1 Å². The molecule has 2 nitrogen and oxygen atoms in total. The fourth-order valence-electron chi connectivity index (χ4n) is 2.56. The third-order valence-corrected chi connectivity index (χ3v) is 4.10. The van der Waals surface area contributed by atoms with Gasteiger partial charge in [0.25, 0.3) is 0 Å². The molecule has 1 aliphatic rings. The number of hydrogen-bond donors (Lipinski definition) is 1. The van der Waals surface area contributed by atoms with E-state index in [1.165, 1.54) is 38.5 Å². The van der Waals surface area contributed by atoms with Crippen molar-refractivity contribution in [2.75, 3.05) is 0 Å². The molecule has 17 heavy (non-hydrogen) atoms. The molecule has 1 fully saturated rings. The van der Waals surface area contributed by atoms with Gasteiger partial charge in [-0.2, -0.15) is 0 Å². The van der Waals surface area contributed by atoms with E-state index in [1.807, 2.05) is 0 Å². The van der Waals surface area contributed by atoms with Gasteiger partial charge in [-0.05, 0) is 39.0 Å². The van der Waals surface area contributed by atoms with Gasteiger partial charge in [0.2, 0.25) is 5.91 Å². The summed E-state index contributed by atoms with van der Waals surface area (Å²) in [6, 6.07) is 0. The summed E-state index contributed by atoms with van der Waals surface area (Å²) in [5, 5.41) is 3.10. The van der Waals surface area contributed by atoms with Crippen molar-refractivity contribution in [3.05, 3.63) is 0 Å². The highest BCUT2D eigenvalue weighted by molar-refractivity contribution is 5.76. The van der Waals surface area contributed by atoms with Gasteiger partial charge in [0.15, 0.2) is 0 Å². The van der Waals surface area contributed by atoms with Crippen molar-refractivity contribution in [2.45, 2.75) is 84.1 Å². The Balaban J connectivity index is 2.11. The van der Waals surface area contributed by atoms with E-state index < -0.39 is 0 Å². The van der Waals surface area contributed by atoms with Crippen molar-refractivity contribution in [3.8, 4) is 0 Å². The lowest BCUT2D eigenvalue weighted by Gasteiger charge is -2.25. The highest BCUT2D eigenvalue weighted by Crippen LogP contribution is 2.27. The van der Waals surface area contributed by atoms with Crippen LogP contribution >= 0.6 is 0 Å². The maximum Gasteiger partial charge on any atom is 0.220 e. The third kappa shape index (κ3) is 6.09. The van der Waals surface area contributed by atoms with Crippen LogP contribution in [0.5, 0.6) is 0 Å². The predicted molar refractivity (Wildman–Crippen MR) is 72.9 cm³/mol. The van der Waals surface area contributed by atoms with Crippen LogP contribution in [0.3, 0.4) is 0 Å². The zero-order chi connectivity index (χ0) is 12.7. The summed E-state index contributed by atoms with van der Waals surface area (Å²) in [7, 11) is 0. The molecule has 1 aliphatic carbocycles. The molecular formula is C15H29NO. The van der Waals surface area contributed by atoms with Crippen molar-refractivity contribution in [1.82, 2.24) is 5.32 Å². The fourth-order valence-corrected chi connectivity index (χ4v) is 2.56. The van der Waals surface area contributed by atoms with Crippen molar-refractivity contribution in [3.63, 3.8) is 0 Å². The number of carbonyl (C=O) groups excluding carboxylic acids is 1. The molecule has 0 aromatic rings. The molecule has 0 aromatic heterocycles. The minimum absolute atomic E-state index is 0.0398. The van der Waals surface area contributed by atoms with Crippen LogP contribution in [-0.2, 0) is 4.79 Å². The highest BCUT2D eigenvalue weighted by atomic mass is 16.1. The molecule has 1 amide bonds. The maximum absolute atomic E-state index is 11.7. The van der Waals surface area contributed by atoms with Crippen molar-refractivity contribution in [2.24, 2.45) is 5.92 Å². The predicted octanol–water partition coefficient (Wildman–Crippen LogP) is 4.04.